The Morgan fingerprint density at radius 1 is 1.00 bits per heavy atom. The lowest BCUT2D eigenvalue weighted by Gasteiger charge is -2.29. The highest BCUT2D eigenvalue weighted by Crippen LogP contribution is 2.32. The van der Waals surface area contributed by atoms with Crippen molar-refractivity contribution in [1.82, 2.24) is 10.2 Å². The number of rotatable bonds is 12. The summed E-state index contributed by atoms with van der Waals surface area (Å²) in [6, 6.07) is 0. The van der Waals surface area contributed by atoms with E-state index in [1.165, 1.54) is 49.8 Å². The zero-order valence-electron chi connectivity index (χ0n) is 14.8. The summed E-state index contributed by atoms with van der Waals surface area (Å²) < 4.78 is 0. The van der Waals surface area contributed by atoms with Gasteiger partial charge in [-0.1, -0.05) is 38.5 Å². The van der Waals surface area contributed by atoms with Gasteiger partial charge in [-0.25, -0.2) is 4.79 Å². The van der Waals surface area contributed by atoms with Crippen molar-refractivity contribution in [3.8, 4) is 0 Å². The Kier molecular flexibility index (Phi) is 11.1. The first-order chi connectivity index (χ1) is 11.1. The molecule has 136 valence electrons. The highest BCUT2D eigenvalue weighted by molar-refractivity contribution is 5.64. The molecule has 0 aromatic rings. The summed E-state index contributed by atoms with van der Waals surface area (Å²) >= 11 is 0. The van der Waals surface area contributed by atoms with Crippen LogP contribution in [-0.2, 0) is 0 Å². The van der Waals surface area contributed by atoms with Gasteiger partial charge in [-0.05, 0) is 50.6 Å². The van der Waals surface area contributed by atoms with Crippen LogP contribution in [-0.4, -0.2) is 54.5 Å². The topological polar surface area (TPSA) is 72.8 Å². The average molecular weight is 328 g/mol. The maximum atomic E-state index is 10.8. The molecular weight excluding hydrogens is 292 g/mol. The van der Waals surface area contributed by atoms with Crippen LogP contribution in [0.1, 0.15) is 64.2 Å². The maximum Gasteiger partial charge on any atom is 0.407 e. The zero-order valence-corrected chi connectivity index (χ0v) is 14.8. The molecule has 1 amide bonds. The summed E-state index contributed by atoms with van der Waals surface area (Å²) in [4.78, 5) is 12.2. The van der Waals surface area contributed by atoms with Gasteiger partial charge in [0.05, 0.1) is 0 Å². The number of aliphatic hydroxyl groups excluding tert-OH is 1. The molecule has 0 aliphatic heterocycles. The summed E-state index contributed by atoms with van der Waals surface area (Å²) in [6.07, 6.45) is 11.1. The molecule has 1 fully saturated rings. The Hall–Kier alpha value is -0.810. The highest BCUT2D eigenvalue weighted by atomic mass is 16.4. The van der Waals surface area contributed by atoms with Crippen LogP contribution in [0, 0.1) is 11.8 Å². The minimum atomic E-state index is -0.818. The zero-order chi connectivity index (χ0) is 16.9. The first kappa shape index (κ1) is 20.2. The molecule has 0 heterocycles. The van der Waals surface area contributed by atoms with E-state index >= 15 is 0 Å². The van der Waals surface area contributed by atoms with Gasteiger partial charge in [-0.3, -0.25) is 0 Å². The smallest absolute Gasteiger partial charge is 0.407 e. The molecule has 0 bridgehead atoms. The fraction of sp³-hybridized carbons (Fsp3) is 0.944. The Bertz CT molecular complexity index is 305. The number of hydrogen-bond acceptors (Lipinski definition) is 3. The van der Waals surface area contributed by atoms with Crippen LogP contribution in [0.5, 0.6) is 0 Å². The molecule has 0 unspecified atom stereocenters. The molecule has 0 aromatic heterocycles. The van der Waals surface area contributed by atoms with Crippen molar-refractivity contribution >= 4 is 6.09 Å². The monoisotopic (exact) mass is 328 g/mol. The fourth-order valence-corrected chi connectivity index (χ4v) is 3.43. The molecule has 1 aliphatic rings. The highest BCUT2D eigenvalue weighted by Gasteiger charge is 2.21. The summed E-state index contributed by atoms with van der Waals surface area (Å²) in [7, 11) is 1.66. The third-order valence-corrected chi connectivity index (χ3v) is 5.16. The van der Waals surface area contributed by atoms with Crippen molar-refractivity contribution in [3.63, 3.8) is 0 Å². The quantitative estimate of drug-likeness (QED) is 0.481. The third-order valence-electron chi connectivity index (χ3n) is 5.16. The fourth-order valence-electron chi connectivity index (χ4n) is 3.43. The summed E-state index contributed by atoms with van der Waals surface area (Å²) in [5.74, 6) is 1.57. The Labute approximate surface area is 141 Å². The molecule has 0 aromatic carbocycles. The van der Waals surface area contributed by atoms with Gasteiger partial charge < -0.3 is 20.4 Å². The van der Waals surface area contributed by atoms with Crippen molar-refractivity contribution in [2.24, 2.45) is 11.8 Å². The van der Waals surface area contributed by atoms with E-state index in [-0.39, 0.29) is 0 Å². The van der Waals surface area contributed by atoms with E-state index in [0.717, 1.165) is 38.3 Å². The van der Waals surface area contributed by atoms with E-state index in [0.29, 0.717) is 19.1 Å². The summed E-state index contributed by atoms with van der Waals surface area (Å²) in [5, 5.41) is 21.1. The molecule has 23 heavy (non-hydrogen) atoms. The van der Waals surface area contributed by atoms with E-state index in [9.17, 15) is 4.79 Å². The molecule has 1 aliphatic carbocycles. The van der Waals surface area contributed by atoms with Gasteiger partial charge in [0.15, 0.2) is 0 Å². The number of aliphatic hydroxyl groups is 1. The Morgan fingerprint density at radius 2 is 1.61 bits per heavy atom. The van der Waals surface area contributed by atoms with E-state index in [4.69, 9.17) is 10.2 Å². The Morgan fingerprint density at radius 3 is 2.22 bits per heavy atom. The molecule has 0 radical (unpaired) electrons. The molecule has 5 heteroatoms. The second-order valence-electron chi connectivity index (χ2n) is 7.06. The van der Waals surface area contributed by atoms with Gasteiger partial charge >= 0.3 is 6.09 Å². The minimum Gasteiger partial charge on any atom is -0.465 e. The first-order valence-corrected chi connectivity index (χ1v) is 9.39. The van der Waals surface area contributed by atoms with Crippen molar-refractivity contribution in [2.45, 2.75) is 64.2 Å². The molecular formula is C18H36N2O3. The molecule has 0 saturated heterocycles. The second kappa shape index (κ2) is 12.6. The second-order valence-corrected chi connectivity index (χ2v) is 7.06. The van der Waals surface area contributed by atoms with Crippen molar-refractivity contribution in [1.29, 1.82) is 0 Å². The average Bonchev–Trinajstić information content (AvgIpc) is 2.56. The Balaban J connectivity index is 1.94. The number of unbranched alkanes of at least 4 members (excludes halogenated alkanes) is 3. The predicted octanol–water partition coefficient (Wildman–Crippen LogP) is 3.33. The molecule has 3 N–H and O–H groups in total. The summed E-state index contributed by atoms with van der Waals surface area (Å²) in [5.41, 5.74) is 0. The van der Waals surface area contributed by atoms with Crippen LogP contribution in [0.3, 0.4) is 0 Å². The van der Waals surface area contributed by atoms with E-state index in [2.05, 4.69) is 5.32 Å². The van der Waals surface area contributed by atoms with E-state index < -0.39 is 6.09 Å². The van der Waals surface area contributed by atoms with Gasteiger partial charge in [0.2, 0.25) is 0 Å². The number of nitrogens with one attached hydrogen (secondary N) is 1. The van der Waals surface area contributed by atoms with Crippen LogP contribution >= 0.6 is 0 Å². The van der Waals surface area contributed by atoms with Crippen LogP contribution in [0.25, 0.3) is 0 Å². The van der Waals surface area contributed by atoms with Gasteiger partial charge in [0.25, 0.3) is 0 Å². The minimum absolute atomic E-state index is 0.322. The number of hydrogen-bond donors (Lipinski definition) is 3. The molecule has 1 saturated carbocycles. The molecule has 1 rings (SSSR count). The molecule has 0 atom stereocenters. The lowest BCUT2D eigenvalue weighted by atomic mass is 9.79. The van der Waals surface area contributed by atoms with Crippen molar-refractivity contribution < 1.29 is 15.0 Å². The van der Waals surface area contributed by atoms with Gasteiger partial charge in [0, 0.05) is 20.2 Å². The van der Waals surface area contributed by atoms with E-state index in [1.54, 1.807) is 7.05 Å². The standard InChI is InChI=1S/C18H36N2O3/c1-20(18(22)23)14-11-17-8-6-16(7-9-17)10-13-19-12-4-2-3-5-15-21/h16-17,19,21H,2-15H2,1H3,(H,22,23). The van der Waals surface area contributed by atoms with Gasteiger partial charge in [0.1, 0.15) is 0 Å². The summed E-state index contributed by atoms with van der Waals surface area (Å²) in [6.45, 7) is 3.21. The van der Waals surface area contributed by atoms with Crippen LogP contribution in [0.4, 0.5) is 4.79 Å². The van der Waals surface area contributed by atoms with Crippen LogP contribution < -0.4 is 5.32 Å². The largest absolute Gasteiger partial charge is 0.465 e. The first-order valence-electron chi connectivity index (χ1n) is 9.39. The van der Waals surface area contributed by atoms with Crippen molar-refractivity contribution in [2.75, 3.05) is 33.3 Å². The van der Waals surface area contributed by atoms with Crippen LogP contribution in [0.15, 0.2) is 0 Å². The lowest BCUT2D eigenvalue weighted by molar-refractivity contribution is 0.149. The van der Waals surface area contributed by atoms with Crippen LogP contribution in [0.2, 0.25) is 0 Å². The maximum absolute atomic E-state index is 10.8. The van der Waals surface area contributed by atoms with Gasteiger partial charge in [-0.15, -0.1) is 0 Å². The normalized spacial score (nSPS) is 21.3. The number of carboxylic acid groups (broad SMARTS) is 1. The lowest BCUT2D eigenvalue weighted by Crippen LogP contribution is -2.28. The number of carbonyl (C=O) groups is 1. The predicted molar refractivity (Wildman–Crippen MR) is 93.8 cm³/mol. The molecule has 0 spiro atoms. The number of amides is 1. The third kappa shape index (κ3) is 9.82. The van der Waals surface area contributed by atoms with E-state index in [1.807, 2.05) is 0 Å². The van der Waals surface area contributed by atoms with Gasteiger partial charge in [-0.2, -0.15) is 0 Å². The SMILES string of the molecule is CN(CCC1CCC(CCNCCCCCCO)CC1)C(=O)O. The molecule has 5 nitrogen and oxygen atoms in total. The van der Waals surface area contributed by atoms with Crippen molar-refractivity contribution in [3.05, 3.63) is 0 Å². The number of nitrogens with zero attached hydrogens (tertiary/aromatic N) is 1.